The van der Waals surface area contributed by atoms with E-state index in [1.807, 2.05) is 6.07 Å². The second-order valence-electron chi connectivity index (χ2n) is 5.15. The van der Waals surface area contributed by atoms with Crippen LogP contribution in [-0.2, 0) is 9.47 Å². The average Bonchev–Trinajstić information content (AvgIpc) is 3.02. The zero-order chi connectivity index (χ0) is 13.4. The summed E-state index contributed by atoms with van der Waals surface area (Å²) in [5.41, 5.74) is 7.50. The molecule has 3 N–H and O–H groups in total. The molecule has 2 fully saturated rings. The van der Waals surface area contributed by atoms with E-state index in [0.29, 0.717) is 29.5 Å². The smallest absolute Gasteiger partial charge is 0.340 e. The molecule has 2 bridgehead atoms. The summed E-state index contributed by atoms with van der Waals surface area (Å²) in [6.07, 6.45) is 4.00. The number of methoxy groups -OCH3 is 1. The van der Waals surface area contributed by atoms with E-state index in [9.17, 15) is 4.79 Å². The van der Waals surface area contributed by atoms with E-state index in [0.717, 1.165) is 24.9 Å². The lowest BCUT2D eigenvalue weighted by Gasteiger charge is -2.21. The van der Waals surface area contributed by atoms with E-state index < -0.39 is 5.97 Å². The summed E-state index contributed by atoms with van der Waals surface area (Å²) in [4.78, 5) is 11.6. The molecule has 2 saturated heterocycles. The first kappa shape index (κ1) is 12.3. The van der Waals surface area contributed by atoms with Crippen LogP contribution in [0.2, 0.25) is 0 Å². The highest BCUT2D eigenvalue weighted by Gasteiger charge is 2.40. The van der Waals surface area contributed by atoms with Crippen LogP contribution in [0.1, 0.15) is 29.6 Å². The molecule has 2 aliphatic rings. The number of nitrogens with two attached hydrogens (primary N) is 1. The molecular formula is C14H18N2O3. The van der Waals surface area contributed by atoms with Gasteiger partial charge in [-0.2, -0.15) is 0 Å². The van der Waals surface area contributed by atoms with Gasteiger partial charge in [0.05, 0.1) is 30.9 Å². The predicted molar refractivity (Wildman–Crippen MR) is 72.1 cm³/mol. The normalized spacial score (nSPS) is 28.4. The van der Waals surface area contributed by atoms with Crippen molar-refractivity contribution in [1.82, 2.24) is 0 Å². The Morgan fingerprint density at radius 2 is 2.32 bits per heavy atom. The fourth-order valence-electron chi connectivity index (χ4n) is 2.94. The summed E-state index contributed by atoms with van der Waals surface area (Å²) in [6, 6.07) is 5.68. The number of ether oxygens (including phenoxy) is 2. The topological polar surface area (TPSA) is 73.6 Å². The minimum Gasteiger partial charge on any atom is -0.465 e. The molecular weight excluding hydrogens is 244 g/mol. The number of anilines is 2. The van der Waals surface area contributed by atoms with Gasteiger partial charge in [-0.3, -0.25) is 0 Å². The Labute approximate surface area is 112 Å². The first-order chi connectivity index (χ1) is 9.17. The van der Waals surface area contributed by atoms with Crippen LogP contribution in [0.25, 0.3) is 0 Å². The lowest BCUT2D eigenvalue weighted by Crippen LogP contribution is -2.30. The average molecular weight is 262 g/mol. The molecule has 5 nitrogen and oxygen atoms in total. The maximum Gasteiger partial charge on any atom is 0.340 e. The van der Waals surface area contributed by atoms with Crippen molar-refractivity contribution >= 4 is 17.3 Å². The predicted octanol–water partition coefficient (Wildman–Crippen LogP) is 1.79. The fraction of sp³-hybridized carbons (Fsp3) is 0.500. The molecule has 0 aromatic heterocycles. The molecule has 1 aromatic rings. The Hall–Kier alpha value is -1.75. The second-order valence-corrected chi connectivity index (χ2v) is 5.15. The fourth-order valence-corrected chi connectivity index (χ4v) is 2.94. The van der Waals surface area contributed by atoms with E-state index >= 15 is 0 Å². The van der Waals surface area contributed by atoms with Crippen molar-refractivity contribution in [2.45, 2.75) is 37.5 Å². The number of rotatable bonds is 3. The Morgan fingerprint density at radius 1 is 1.47 bits per heavy atom. The number of carbonyl (C=O) groups excluding carboxylic acids is 1. The Morgan fingerprint density at radius 3 is 2.95 bits per heavy atom. The number of fused-ring (bicyclic) bond motifs is 2. The number of hydrogen-bond donors (Lipinski definition) is 2. The van der Waals surface area contributed by atoms with Crippen molar-refractivity contribution in [1.29, 1.82) is 0 Å². The van der Waals surface area contributed by atoms with Crippen molar-refractivity contribution in [3.8, 4) is 0 Å². The third-order valence-corrected chi connectivity index (χ3v) is 3.92. The van der Waals surface area contributed by atoms with Gasteiger partial charge >= 0.3 is 5.97 Å². The van der Waals surface area contributed by atoms with E-state index in [1.165, 1.54) is 7.11 Å². The third-order valence-electron chi connectivity index (χ3n) is 3.92. The van der Waals surface area contributed by atoms with Crippen LogP contribution in [0.15, 0.2) is 18.2 Å². The van der Waals surface area contributed by atoms with Gasteiger partial charge in [0.2, 0.25) is 0 Å². The molecule has 0 saturated carbocycles. The quantitative estimate of drug-likeness (QED) is 0.641. The van der Waals surface area contributed by atoms with Crippen LogP contribution < -0.4 is 11.1 Å². The van der Waals surface area contributed by atoms with Gasteiger partial charge < -0.3 is 20.5 Å². The highest BCUT2D eigenvalue weighted by molar-refractivity contribution is 5.96. The zero-order valence-electron chi connectivity index (χ0n) is 10.9. The second kappa shape index (κ2) is 4.74. The third kappa shape index (κ3) is 2.26. The summed E-state index contributed by atoms with van der Waals surface area (Å²) < 4.78 is 10.5. The number of hydrogen-bond acceptors (Lipinski definition) is 5. The van der Waals surface area contributed by atoms with Crippen LogP contribution in [0.5, 0.6) is 0 Å². The maximum absolute atomic E-state index is 11.6. The van der Waals surface area contributed by atoms with Crippen LogP contribution in [0.3, 0.4) is 0 Å². The summed E-state index contributed by atoms with van der Waals surface area (Å²) in [5, 5.41) is 3.43. The number of nitrogen functional groups attached to an aromatic ring is 1. The van der Waals surface area contributed by atoms with Crippen molar-refractivity contribution in [3.63, 3.8) is 0 Å². The molecule has 5 heteroatoms. The van der Waals surface area contributed by atoms with E-state index in [-0.39, 0.29) is 0 Å². The molecule has 0 radical (unpaired) electrons. The van der Waals surface area contributed by atoms with Crippen molar-refractivity contribution in [3.05, 3.63) is 23.8 Å². The van der Waals surface area contributed by atoms with Gasteiger partial charge in [-0.15, -0.1) is 0 Å². The number of nitrogens with one attached hydrogen (secondary N) is 1. The van der Waals surface area contributed by atoms with Crippen LogP contribution in [-0.4, -0.2) is 31.3 Å². The SMILES string of the molecule is COC(=O)c1cc(NC2CC3CCC2O3)ccc1N. The maximum atomic E-state index is 11.6. The standard InChI is InChI=1S/C14H18N2O3/c1-18-14(17)10-6-8(2-4-11(10)15)16-12-7-9-3-5-13(12)19-9/h2,4,6,9,12-13,16H,3,5,7,15H2,1H3. The zero-order valence-corrected chi connectivity index (χ0v) is 10.9. The first-order valence-electron chi connectivity index (χ1n) is 6.57. The molecule has 19 heavy (non-hydrogen) atoms. The molecule has 102 valence electrons. The van der Waals surface area contributed by atoms with Crippen LogP contribution in [0, 0.1) is 0 Å². The molecule has 2 heterocycles. The summed E-state index contributed by atoms with van der Waals surface area (Å²) in [6.45, 7) is 0. The Bertz CT molecular complexity index is 503. The van der Waals surface area contributed by atoms with Crippen molar-refractivity contribution in [2.75, 3.05) is 18.2 Å². The highest BCUT2D eigenvalue weighted by Crippen LogP contribution is 2.36. The lowest BCUT2D eigenvalue weighted by atomic mass is 9.95. The van der Waals surface area contributed by atoms with E-state index in [4.69, 9.17) is 15.2 Å². The first-order valence-corrected chi connectivity index (χ1v) is 6.57. The molecule has 3 unspecified atom stereocenters. The van der Waals surface area contributed by atoms with E-state index in [1.54, 1.807) is 12.1 Å². The van der Waals surface area contributed by atoms with Crippen LogP contribution in [0.4, 0.5) is 11.4 Å². The summed E-state index contributed by atoms with van der Waals surface area (Å²) >= 11 is 0. The van der Waals surface area contributed by atoms with Crippen molar-refractivity contribution in [2.24, 2.45) is 0 Å². The number of carbonyl (C=O) groups is 1. The molecule has 0 aliphatic carbocycles. The van der Waals surface area contributed by atoms with Gasteiger partial charge in [-0.1, -0.05) is 0 Å². The monoisotopic (exact) mass is 262 g/mol. The van der Waals surface area contributed by atoms with Gasteiger partial charge in [-0.25, -0.2) is 4.79 Å². The summed E-state index contributed by atoms with van der Waals surface area (Å²) in [7, 11) is 1.35. The van der Waals surface area contributed by atoms with Gasteiger partial charge in [-0.05, 0) is 37.5 Å². The molecule has 2 aliphatic heterocycles. The largest absolute Gasteiger partial charge is 0.465 e. The highest BCUT2D eigenvalue weighted by atomic mass is 16.5. The minimum atomic E-state index is -0.412. The Balaban J connectivity index is 1.76. The number of esters is 1. The van der Waals surface area contributed by atoms with Gasteiger partial charge in [0, 0.05) is 11.4 Å². The van der Waals surface area contributed by atoms with Gasteiger partial charge in [0.1, 0.15) is 0 Å². The molecule has 1 aromatic carbocycles. The molecule has 0 amide bonds. The molecule has 0 spiro atoms. The lowest BCUT2D eigenvalue weighted by molar-refractivity contribution is 0.0602. The minimum absolute atomic E-state index is 0.295. The molecule has 3 rings (SSSR count). The number of benzene rings is 1. The van der Waals surface area contributed by atoms with Gasteiger partial charge in [0.15, 0.2) is 0 Å². The van der Waals surface area contributed by atoms with Crippen molar-refractivity contribution < 1.29 is 14.3 Å². The molecule has 3 atom stereocenters. The van der Waals surface area contributed by atoms with E-state index in [2.05, 4.69) is 5.32 Å². The van der Waals surface area contributed by atoms with Crippen LogP contribution >= 0.6 is 0 Å². The van der Waals surface area contributed by atoms with Gasteiger partial charge in [0.25, 0.3) is 0 Å². The Kier molecular flexibility index (Phi) is 3.06. The summed E-state index contributed by atoms with van der Waals surface area (Å²) in [5.74, 6) is -0.412.